The molecule has 0 radical (unpaired) electrons. The molecule has 23 heavy (non-hydrogen) atoms. The first-order valence-corrected chi connectivity index (χ1v) is 7.28. The van der Waals surface area contributed by atoms with Gasteiger partial charge in [0.2, 0.25) is 0 Å². The number of rotatable bonds is 5. The van der Waals surface area contributed by atoms with E-state index in [-0.39, 0.29) is 0 Å². The van der Waals surface area contributed by atoms with E-state index in [2.05, 4.69) is 5.10 Å². The summed E-state index contributed by atoms with van der Waals surface area (Å²) < 4.78 is 1.81. The lowest BCUT2D eigenvalue weighted by Crippen LogP contribution is -2.18. The summed E-state index contributed by atoms with van der Waals surface area (Å²) in [4.78, 5) is 10.7. The Labute approximate surface area is 134 Å². The molecule has 1 aromatic heterocycles. The zero-order valence-corrected chi connectivity index (χ0v) is 12.4. The fraction of sp³-hybridized carbons (Fsp3) is 0.0526. The van der Waals surface area contributed by atoms with Gasteiger partial charge < -0.3 is 9.90 Å². The van der Waals surface area contributed by atoms with Gasteiger partial charge in [-0.1, -0.05) is 60.7 Å². The summed E-state index contributed by atoms with van der Waals surface area (Å²) >= 11 is 0. The second-order valence-electron chi connectivity index (χ2n) is 5.13. The summed E-state index contributed by atoms with van der Waals surface area (Å²) in [7, 11) is 0. The summed E-state index contributed by atoms with van der Waals surface area (Å²) in [6.45, 7) is 0.625. The molecule has 114 valence electrons. The Morgan fingerprint density at radius 2 is 1.70 bits per heavy atom. The van der Waals surface area contributed by atoms with Crippen LogP contribution in [0.15, 0.2) is 72.9 Å². The molecule has 0 fully saturated rings. The van der Waals surface area contributed by atoms with Crippen molar-refractivity contribution in [2.24, 2.45) is 0 Å². The van der Waals surface area contributed by atoms with E-state index in [0.29, 0.717) is 6.54 Å². The third-order valence-electron chi connectivity index (χ3n) is 3.42. The first kappa shape index (κ1) is 14.8. The quantitative estimate of drug-likeness (QED) is 0.680. The van der Waals surface area contributed by atoms with Crippen LogP contribution in [0.2, 0.25) is 0 Å². The van der Waals surface area contributed by atoms with Crippen molar-refractivity contribution >= 4 is 12.0 Å². The molecule has 2 aromatic carbocycles. The van der Waals surface area contributed by atoms with E-state index in [0.717, 1.165) is 28.5 Å². The lowest BCUT2D eigenvalue weighted by molar-refractivity contribution is -0.297. The second kappa shape index (κ2) is 6.75. The maximum Gasteiger partial charge on any atom is 0.0995 e. The molecule has 1 heterocycles. The van der Waals surface area contributed by atoms with Crippen LogP contribution in [0.25, 0.3) is 17.3 Å². The number of carbonyl (C=O) groups excluding carboxylic acids is 1. The van der Waals surface area contributed by atoms with Gasteiger partial charge in [0.1, 0.15) is 0 Å². The van der Waals surface area contributed by atoms with Crippen molar-refractivity contribution in [1.29, 1.82) is 0 Å². The first-order valence-electron chi connectivity index (χ1n) is 7.28. The highest BCUT2D eigenvalue weighted by Gasteiger charge is 2.09. The van der Waals surface area contributed by atoms with Gasteiger partial charge >= 0.3 is 0 Å². The predicted molar refractivity (Wildman–Crippen MR) is 87.2 cm³/mol. The molecule has 0 atom stereocenters. The summed E-state index contributed by atoms with van der Waals surface area (Å²) in [5.74, 6) is -1.22. The molecule has 4 heteroatoms. The SMILES string of the molecule is O=C([O-])/C=C/c1cn(Cc2ccccc2)nc1-c1ccccc1. The average Bonchev–Trinajstić information content (AvgIpc) is 2.97. The molecule has 3 aromatic rings. The van der Waals surface area contributed by atoms with Crippen molar-refractivity contribution in [3.63, 3.8) is 0 Å². The first-order chi connectivity index (χ1) is 11.2. The van der Waals surface area contributed by atoms with Crippen molar-refractivity contribution in [2.45, 2.75) is 6.54 Å². The maximum absolute atomic E-state index is 10.7. The minimum absolute atomic E-state index is 0.625. The number of carboxylic acid groups (broad SMARTS) is 1. The zero-order chi connectivity index (χ0) is 16.1. The van der Waals surface area contributed by atoms with E-state index in [9.17, 15) is 9.90 Å². The van der Waals surface area contributed by atoms with Gasteiger partial charge in [0.15, 0.2) is 0 Å². The van der Waals surface area contributed by atoms with Crippen LogP contribution < -0.4 is 5.11 Å². The molecule has 0 saturated heterocycles. The Morgan fingerprint density at radius 3 is 2.35 bits per heavy atom. The highest BCUT2D eigenvalue weighted by molar-refractivity contribution is 5.85. The molecule has 0 amide bonds. The van der Waals surface area contributed by atoms with Crippen LogP contribution in [0, 0.1) is 0 Å². The molecular weight excluding hydrogens is 288 g/mol. The number of hydrogen-bond donors (Lipinski definition) is 0. The van der Waals surface area contributed by atoms with Crippen molar-refractivity contribution in [1.82, 2.24) is 9.78 Å². The van der Waals surface area contributed by atoms with Gasteiger partial charge in [0, 0.05) is 17.3 Å². The molecule has 0 aliphatic heterocycles. The third kappa shape index (κ3) is 3.74. The number of nitrogens with zero attached hydrogens (tertiary/aromatic N) is 2. The van der Waals surface area contributed by atoms with Crippen molar-refractivity contribution < 1.29 is 9.90 Å². The van der Waals surface area contributed by atoms with E-state index < -0.39 is 5.97 Å². The minimum atomic E-state index is -1.22. The molecule has 0 N–H and O–H groups in total. The second-order valence-corrected chi connectivity index (χ2v) is 5.13. The van der Waals surface area contributed by atoms with E-state index in [4.69, 9.17) is 0 Å². The molecule has 3 rings (SSSR count). The van der Waals surface area contributed by atoms with Crippen LogP contribution in [-0.4, -0.2) is 15.7 Å². The normalized spacial score (nSPS) is 11.0. The predicted octanol–water partition coefficient (Wildman–Crippen LogP) is 2.36. The number of carboxylic acids is 1. The Balaban J connectivity index is 1.98. The van der Waals surface area contributed by atoms with Crippen LogP contribution in [0.5, 0.6) is 0 Å². The maximum atomic E-state index is 10.7. The minimum Gasteiger partial charge on any atom is -0.545 e. The van der Waals surface area contributed by atoms with E-state index in [1.807, 2.05) is 71.5 Å². The molecule has 0 aliphatic carbocycles. The van der Waals surface area contributed by atoms with Crippen LogP contribution >= 0.6 is 0 Å². The highest BCUT2D eigenvalue weighted by atomic mass is 16.4. The number of benzene rings is 2. The monoisotopic (exact) mass is 303 g/mol. The fourth-order valence-corrected chi connectivity index (χ4v) is 2.39. The van der Waals surface area contributed by atoms with Gasteiger partial charge in [-0.3, -0.25) is 4.68 Å². The van der Waals surface area contributed by atoms with Gasteiger partial charge in [-0.15, -0.1) is 0 Å². The summed E-state index contributed by atoms with van der Waals surface area (Å²) in [6, 6.07) is 19.7. The van der Waals surface area contributed by atoms with Crippen LogP contribution in [0.4, 0.5) is 0 Å². The molecule has 4 nitrogen and oxygen atoms in total. The van der Waals surface area contributed by atoms with Gasteiger partial charge in [-0.05, 0) is 17.7 Å². The number of aliphatic carboxylic acids is 1. The van der Waals surface area contributed by atoms with Crippen molar-refractivity contribution in [3.8, 4) is 11.3 Å². The van der Waals surface area contributed by atoms with Crippen molar-refractivity contribution in [3.05, 3.63) is 84.1 Å². The van der Waals surface area contributed by atoms with Crippen molar-refractivity contribution in [2.75, 3.05) is 0 Å². The zero-order valence-electron chi connectivity index (χ0n) is 12.4. The third-order valence-corrected chi connectivity index (χ3v) is 3.42. The van der Waals surface area contributed by atoms with Gasteiger partial charge in [0.25, 0.3) is 0 Å². The highest BCUT2D eigenvalue weighted by Crippen LogP contribution is 2.23. The molecule has 0 unspecified atom stereocenters. The molecule has 0 spiro atoms. The molecule has 0 bridgehead atoms. The molecule has 0 saturated carbocycles. The topological polar surface area (TPSA) is 57.9 Å². The van der Waals surface area contributed by atoms with E-state index in [1.165, 1.54) is 6.08 Å². The van der Waals surface area contributed by atoms with Gasteiger partial charge in [-0.2, -0.15) is 5.10 Å². The standard InChI is InChI=1S/C19H16N2O2/c22-18(23)12-11-17-14-21(13-15-7-3-1-4-8-15)20-19(17)16-9-5-2-6-10-16/h1-12,14H,13H2,(H,22,23)/p-1/b12-11+. The Hall–Kier alpha value is -3.14. The number of hydrogen-bond acceptors (Lipinski definition) is 3. The number of aromatic nitrogens is 2. The lowest BCUT2D eigenvalue weighted by Gasteiger charge is -2.01. The van der Waals surface area contributed by atoms with Gasteiger partial charge in [-0.25, -0.2) is 0 Å². The summed E-state index contributed by atoms with van der Waals surface area (Å²) in [6.07, 6.45) is 4.39. The van der Waals surface area contributed by atoms with E-state index in [1.54, 1.807) is 0 Å². The van der Waals surface area contributed by atoms with Crippen LogP contribution in [-0.2, 0) is 11.3 Å². The van der Waals surface area contributed by atoms with Crippen LogP contribution in [0.3, 0.4) is 0 Å². The fourth-order valence-electron chi connectivity index (χ4n) is 2.39. The van der Waals surface area contributed by atoms with Gasteiger partial charge in [0.05, 0.1) is 18.2 Å². The van der Waals surface area contributed by atoms with E-state index >= 15 is 0 Å². The lowest BCUT2D eigenvalue weighted by atomic mass is 10.1. The molecular formula is C19H15N2O2-. The largest absolute Gasteiger partial charge is 0.545 e. The van der Waals surface area contributed by atoms with Crippen LogP contribution in [0.1, 0.15) is 11.1 Å². The summed E-state index contributed by atoms with van der Waals surface area (Å²) in [5.41, 5.74) is 3.57. The Kier molecular flexibility index (Phi) is 4.34. The average molecular weight is 303 g/mol. The Morgan fingerprint density at radius 1 is 1.04 bits per heavy atom. The summed E-state index contributed by atoms with van der Waals surface area (Å²) in [5, 5.41) is 15.3. The smallest absolute Gasteiger partial charge is 0.0995 e. The molecule has 0 aliphatic rings. The Bertz CT molecular complexity index is 821. The number of carbonyl (C=O) groups is 1.